The Morgan fingerprint density at radius 1 is 1.04 bits per heavy atom. The highest BCUT2D eigenvalue weighted by Crippen LogP contribution is 2.37. The molecular weight excluding hydrogens is 648 g/mol. The summed E-state index contributed by atoms with van der Waals surface area (Å²) in [6.45, 7) is 1.88. The second-order valence-electron chi connectivity index (χ2n) is 10.8. The molecule has 0 radical (unpaired) electrons. The van der Waals surface area contributed by atoms with Crippen molar-refractivity contribution < 1.29 is 19.0 Å². The van der Waals surface area contributed by atoms with E-state index in [2.05, 4.69) is 11.4 Å². The molecule has 0 bridgehead atoms. The van der Waals surface area contributed by atoms with Crippen molar-refractivity contribution in [2.45, 2.75) is 19.6 Å². The van der Waals surface area contributed by atoms with Gasteiger partial charge < -0.3 is 19.5 Å². The number of rotatable bonds is 9. The van der Waals surface area contributed by atoms with Gasteiger partial charge >= 0.3 is 0 Å². The number of ether oxygens (including phenoxy) is 3. The van der Waals surface area contributed by atoms with E-state index in [-0.39, 0.29) is 23.1 Å². The number of aromatic nitrogens is 1. The van der Waals surface area contributed by atoms with E-state index in [0.717, 1.165) is 0 Å². The van der Waals surface area contributed by atoms with Gasteiger partial charge in [0.15, 0.2) is 16.3 Å². The number of nitrogens with one attached hydrogen (secondary N) is 1. The van der Waals surface area contributed by atoms with Crippen LogP contribution >= 0.6 is 22.9 Å². The summed E-state index contributed by atoms with van der Waals surface area (Å²) in [4.78, 5) is 33.2. The minimum Gasteiger partial charge on any atom is -0.497 e. The van der Waals surface area contributed by atoms with E-state index in [0.29, 0.717) is 65.8 Å². The Morgan fingerprint density at radius 3 is 2.56 bits per heavy atom. The number of carbonyl (C=O) groups excluding carboxylic acids is 1. The van der Waals surface area contributed by atoms with Crippen molar-refractivity contribution in [1.29, 1.82) is 5.26 Å². The smallest absolute Gasteiger partial charge is 0.271 e. The summed E-state index contributed by atoms with van der Waals surface area (Å²) in [5.74, 6) is 0.899. The standard InChI is InChI=1S/C37H29ClN4O5S/c1-22-32(35(43)41-27-13-5-4-6-14-27)33(24-12-9-15-28(19-24)45-2)42-36(44)31(48-37(42)40-22)18-23-16-29(38)34(30(17-23)46-3)47-21-26-11-8-7-10-25(26)20-39/h4-19,33H,21H2,1-3H3,(H,41,43)/b31-18-/t33-/m0/s1. The van der Waals surface area contributed by atoms with Crippen LogP contribution in [0.3, 0.4) is 0 Å². The molecule has 11 heteroatoms. The first kappa shape index (κ1) is 32.3. The highest BCUT2D eigenvalue weighted by atomic mass is 35.5. The number of thiazole rings is 1. The molecule has 2 heterocycles. The average Bonchev–Trinajstić information content (AvgIpc) is 3.40. The van der Waals surface area contributed by atoms with Crippen molar-refractivity contribution in [3.63, 3.8) is 0 Å². The first-order valence-corrected chi connectivity index (χ1v) is 16.0. The van der Waals surface area contributed by atoms with Crippen molar-refractivity contribution in [3.05, 3.63) is 149 Å². The Morgan fingerprint density at radius 2 is 1.81 bits per heavy atom. The van der Waals surface area contributed by atoms with Crippen LogP contribution in [0.25, 0.3) is 6.08 Å². The minimum atomic E-state index is -0.771. The van der Waals surface area contributed by atoms with E-state index in [9.17, 15) is 14.9 Å². The third kappa shape index (κ3) is 6.47. The number of nitrogens with zero attached hydrogens (tertiary/aromatic N) is 3. The van der Waals surface area contributed by atoms with Crippen LogP contribution < -0.4 is 34.4 Å². The van der Waals surface area contributed by atoms with Crippen LogP contribution in [0.15, 0.2) is 112 Å². The maximum atomic E-state index is 14.2. The van der Waals surface area contributed by atoms with E-state index in [1.54, 1.807) is 67.1 Å². The van der Waals surface area contributed by atoms with Gasteiger partial charge in [0, 0.05) is 11.3 Å². The number of nitriles is 1. The van der Waals surface area contributed by atoms with Crippen LogP contribution in [0.5, 0.6) is 17.2 Å². The number of hydrogen-bond acceptors (Lipinski definition) is 8. The average molecular weight is 677 g/mol. The number of anilines is 1. The lowest BCUT2D eigenvalue weighted by molar-refractivity contribution is -0.113. The predicted molar refractivity (Wildman–Crippen MR) is 185 cm³/mol. The van der Waals surface area contributed by atoms with E-state index < -0.39 is 6.04 Å². The maximum absolute atomic E-state index is 14.2. The van der Waals surface area contributed by atoms with Gasteiger partial charge in [0.2, 0.25) is 0 Å². The number of carbonyl (C=O) groups is 1. The minimum absolute atomic E-state index is 0.113. The third-order valence-corrected chi connectivity index (χ3v) is 9.03. The molecule has 1 aromatic heterocycles. The molecule has 4 aromatic carbocycles. The molecule has 5 aromatic rings. The van der Waals surface area contributed by atoms with Gasteiger partial charge in [-0.3, -0.25) is 14.2 Å². The summed E-state index contributed by atoms with van der Waals surface area (Å²) >= 11 is 7.89. The summed E-state index contributed by atoms with van der Waals surface area (Å²) in [6, 6.07) is 28.4. The third-order valence-electron chi connectivity index (χ3n) is 7.77. The lowest BCUT2D eigenvalue weighted by atomic mass is 9.95. The second-order valence-corrected chi connectivity index (χ2v) is 12.2. The fourth-order valence-corrected chi connectivity index (χ4v) is 6.80. The first-order valence-electron chi connectivity index (χ1n) is 14.8. The van der Waals surface area contributed by atoms with Gasteiger partial charge in [0.1, 0.15) is 12.4 Å². The van der Waals surface area contributed by atoms with Gasteiger partial charge in [0.05, 0.1) is 52.7 Å². The monoisotopic (exact) mass is 676 g/mol. The SMILES string of the molecule is COc1cccc([C@H]2C(C(=O)Nc3ccccc3)=C(C)N=c3s/c(=C\c4cc(Cl)c(OCc5ccccc5C#N)c(OC)c4)c(=O)n32)c1. The number of fused-ring (bicyclic) bond motifs is 1. The topological polar surface area (TPSA) is 115 Å². The van der Waals surface area contributed by atoms with Crippen molar-refractivity contribution in [2.24, 2.45) is 4.99 Å². The van der Waals surface area contributed by atoms with Crippen LogP contribution in [0.1, 0.15) is 35.2 Å². The Labute approximate surface area is 285 Å². The fourth-order valence-electron chi connectivity index (χ4n) is 5.48. The summed E-state index contributed by atoms with van der Waals surface area (Å²) in [5, 5.41) is 12.7. The zero-order valence-electron chi connectivity index (χ0n) is 26.2. The number of amides is 1. The van der Waals surface area contributed by atoms with Crippen molar-refractivity contribution in [2.75, 3.05) is 19.5 Å². The van der Waals surface area contributed by atoms with Crippen molar-refractivity contribution >= 4 is 40.6 Å². The van der Waals surface area contributed by atoms with Crippen molar-refractivity contribution in [3.8, 4) is 23.3 Å². The Bertz CT molecular complexity index is 2290. The molecule has 9 nitrogen and oxygen atoms in total. The zero-order valence-corrected chi connectivity index (χ0v) is 27.8. The number of benzene rings is 4. The van der Waals surface area contributed by atoms with Gasteiger partial charge in [-0.2, -0.15) is 5.26 Å². The van der Waals surface area contributed by atoms with E-state index in [4.69, 9.17) is 30.8 Å². The summed E-state index contributed by atoms with van der Waals surface area (Å²) in [6.07, 6.45) is 1.71. The molecular formula is C37H29ClN4O5S. The summed E-state index contributed by atoms with van der Waals surface area (Å²) < 4.78 is 19.0. The van der Waals surface area contributed by atoms with E-state index in [1.165, 1.54) is 18.4 Å². The molecule has 1 aliphatic heterocycles. The number of allylic oxidation sites excluding steroid dienone is 1. The molecule has 0 spiro atoms. The van der Waals surface area contributed by atoms with Crippen LogP contribution in [0.4, 0.5) is 5.69 Å². The molecule has 6 rings (SSSR count). The van der Waals surface area contributed by atoms with Crippen molar-refractivity contribution in [1.82, 2.24) is 4.57 Å². The van der Waals surface area contributed by atoms with Crippen LogP contribution in [0, 0.1) is 11.3 Å². The van der Waals surface area contributed by atoms with Crippen LogP contribution in [-0.2, 0) is 11.4 Å². The molecule has 1 aliphatic rings. The molecule has 1 amide bonds. The van der Waals surface area contributed by atoms with Gasteiger partial charge in [-0.1, -0.05) is 71.5 Å². The molecule has 0 saturated carbocycles. The normalized spacial score (nSPS) is 14.1. The molecule has 0 unspecified atom stereocenters. The van der Waals surface area contributed by atoms with E-state index >= 15 is 0 Å². The number of para-hydroxylation sites is 1. The Balaban J connectivity index is 1.41. The largest absolute Gasteiger partial charge is 0.497 e. The van der Waals surface area contributed by atoms with Crippen LogP contribution in [-0.4, -0.2) is 24.7 Å². The maximum Gasteiger partial charge on any atom is 0.271 e. The van der Waals surface area contributed by atoms with Gasteiger partial charge in [-0.25, -0.2) is 4.99 Å². The molecule has 48 heavy (non-hydrogen) atoms. The quantitative estimate of drug-likeness (QED) is 0.205. The lowest BCUT2D eigenvalue weighted by Gasteiger charge is -2.25. The van der Waals surface area contributed by atoms with Gasteiger partial charge in [-0.05, 0) is 66.6 Å². The Hall–Kier alpha value is -5.63. The van der Waals surface area contributed by atoms with Crippen LogP contribution in [0.2, 0.25) is 5.02 Å². The molecule has 1 atom stereocenters. The van der Waals surface area contributed by atoms with Gasteiger partial charge in [0.25, 0.3) is 11.5 Å². The van der Waals surface area contributed by atoms with E-state index in [1.807, 2.05) is 48.5 Å². The summed E-state index contributed by atoms with van der Waals surface area (Å²) in [5.41, 5.74) is 3.64. The number of halogens is 1. The Kier molecular flexibility index (Phi) is 9.43. The molecule has 240 valence electrons. The summed E-state index contributed by atoms with van der Waals surface area (Å²) in [7, 11) is 3.06. The highest BCUT2D eigenvalue weighted by Gasteiger charge is 2.33. The first-order chi connectivity index (χ1) is 23.3. The molecule has 0 saturated heterocycles. The lowest BCUT2D eigenvalue weighted by Crippen LogP contribution is -2.40. The second kappa shape index (κ2) is 14.0. The zero-order chi connectivity index (χ0) is 33.8. The number of methoxy groups -OCH3 is 2. The predicted octanol–water partition coefficient (Wildman–Crippen LogP) is 6.00. The molecule has 0 fully saturated rings. The fraction of sp³-hybridized carbons (Fsp3) is 0.135. The molecule has 1 N–H and O–H groups in total. The number of hydrogen-bond donors (Lipinski definition) is 1. The van der Waals surface area contributed by atoms with Gasteiger partial charge in [-0.15, -0.1) is 0 Å². The molecule has 0 aliphatic carbocycles. The highest BCUT2D eigenvalue weighted by molar-refractivity contribution is 7.07.